The van der Waals surface area contributed by atoms with Crippen molar-refractivity contribution >= 4 is 5.91 Å². The van der Waals surface area contributed by atoms with E-state index < -0.39 is 5.54 Å². The zero-order chi connectivity index (χ0) is 23.2. The molecule has 7 heteroatoms. The first-order valence-corrected chi connectivity index (χ1v) is 9.95. The Bertz CT molecular complexity index is 1140. The first-order valence-electron chi connectivity index (χ1n) is 9.95. The van der Waals surface area contributed by atoms with Crippen molar-refractivity contribution < 1.29 is 15.0 Å². The molecule has 0 atom stereocenters. The maximum atomic E-state index is 11.3. The van der Waals surface area contributed by atoms with E-state index >= 15 is 0 Å². The molecule has 162 valence electrons. The predicted octanol–water partition coefficient (Wildman–Crippen LogP) is 0.304. The highest BCUT2D eigenvalue weighted by atomic mass is 16.3. The zero-order valence-corrected chi connectivity index (χ0v) is 17.9. The highest BCUT2D eigenvalue weighted by molar-refractivity contribution is 5.73. The van der Waals surface area contributed by atoms with Gasteiger partial charge in [0, 0.05) is 25.2 Å². The summed E-state index contributed by atoms with van der Waals surface area (Å²) in [7, 11) is 0. The number of aliphatic hydroxyl groups excluding tert-OH is 2. The number of aryl methyl sites for hydroxylation is 3. The number of aliphatic hydroxyl groups is 2. The number of nitrogens with one attached hydrogen (secondary N) is 1. The molecule has 0 unspecified atom stereocenters. The number of terminal acetylenes is 1. The van der Waals surface area contributed by atoms with E-state index in [0.29, 0.717) is 19.4 Å². The molecule has 0 aliphatic rings. The van der Waals surface area contributed by atoms with Crippen LogP contribution in [-0.4, -0.2) is 49.9 Å². The van der Waals surface area contributed by atoms with Crippen LogP contribution >= 0.6 is 0 Å². The molecule has 0 aliphatic heterocycles. The van der Waals surface area contributed by atoms with Crippen molar-refractivity contribution in [3.63, 3.8) is 0 Å². The van der Waals surface area contributed by atoms with Crippen LogP contribution in [0.1, 0.15) is 30.2 Å². The molecule has 2 rings (SSSR count). The molecular weight excluding hydrogens is 404 g/mol. The lowest BCUT2D eigenvalue weighted by atomic mass is 9.94. The van der Waals surface area contributed by atoms with Gasteiger partial charge in [-0.25, -0.2) is 0 Å². The Labute approximate surface area is 188 Å². The van der Waals surface area contributed by atoms with Gasteiger partial charge in [0.1, 0.15) is 0 Å². The summed E-state index contributed by atoms with van der Waals surface area (Å²) >= 11 is 0. The van der Waals surface area contributed by atoms with Crippen molar-refractivity contribution in [2.24, 2.45) is 0 Å². The summed E-state index contributed by atoms with van der Waals surface area (Å²) in [6, 6.07) is 7.85. The minimum Gasteiger partial charge on any atom is -0.394 e. The van der Waals surface area contributed by atoms with Crippen LogP contribution in [0.25, 0.3) is 0 Å². The number of carbonyl (C=O) groups is 1. The van der Waals surface area contributed by atoms with Gasteiger partial charge in [0.15, 0.2) is 0 Å². The maximum Gasteiger partial charge on any atom is 0.217 e. The molecule has 1 aromatic heterocycles. The second-order valence-corrected chi connectivity index (χ2v) is 7.09. The van der Waals surface area contributed by atoms with Gasteiger partial charge in [0.25, 0.3) is 0 Å². The van der Waals surface area contributed by atoms with Gasteiger partial charge >= 0.3 is 0 Å². The number of hydrogen-bond donors (Lipinski definition) is 3. The Morgan fingerprint density at radius 3 is 2.44 bits per heavy atom. The molecule has 32 heavy (non-hydrogen) atoms. The standard InChI is InChI=1S/C25H24N4O3/c1-3-4-5-6-7-8-9-22-10-12-23(13-11-22)15-17-29-18-24(27-28-29)14-16-25(19-30,20-31)26-21(2)32/h1,10-13,18,30-31H,14-17,19-20H2,2H3,(H,26,32). The third-order valence-corrected chi connectivity index (χ3v) is 4.60. The van der Waals surface area contributed by atoms with E-state index in [1.54, 1.807) is 4.68 Å². The van der Waals surface area contributed by atoms with Crippen molar-refractivity contribution in [1.82, 2.24) is 20.3 Å². The summed E-state index contributed by atoms with van der Waals surface area (Å²) in [6.07, 6.45) is 8.41. The van der Waals surface area contributed by atoms with E-state index in [2.05, 4.69) is 57.1 Å². The van der Waals surface area contributed by atoms with Crippen LogP contribution in [0, 0.1) is 47.9 Å². The molecule has 0 saturated carbocycles. The minimum atomic E-state index is -1.07. The maximum absolute atomic E-state index is 11.3. The number of nitrogens with zero attached hydrogens (tertiary/aromatic N) is 3. The lowest BCUT2D eigenvalue weighted by Crippen LogP contribution is -2.53. The lowest BCUT2D eigenvalue weighted by molar-refractivity contribution is -0.122. The zero-order valence-electron chi connectivity index (χ0n) is 17.9. The van der Waals surface area contributed by atoms with Crippen molar-refractivity contribution in [1.29, 1.82) is 0 Å². The van der Waals surface area contributed by atoms with Crippen molar-refractivity contribution in [3.8, 4) is 47.9 Å². The number of amides is 1. The molecule has 3 N–H and O–H groups in total. The Morgan fingerprint density at radius 2 is 1.78 bits per heavy atom. The van der Waals surface area contributed by atoms with E-state index in [-0.39, 0.29) is 19.1 Å². The summed E-state index contributed by atoms with van der Waals surface area (Å²) in [4.78, 5) is 11.3. The fourth-order valence-corrected chi connectivity index (χ4v) is 2.88. The summed E-state index contributed by atoms with van der Waals surface area (Å²) in [5.41, 5.74) is 1.64. The van der Waals surface area contributed by atoms with Crippen LogP contribution in [0.15, 0.2) is 30.5 Å². The largest absolute Gasteiger partial charge is 0.394 e. The van der Waals surface area contributed by atoms with Crippen LogP contribution in [0.5, 0.6) is 0 Å². The monoisotopic (exact) mass is 428 g/mol. The van der Waals surface area contributed by atoms with Gasteiger partial charge in [-0.1, -0.05) is 23.3 Å². The molecule has 0 spiro atoms. The molecule has 7 nitrogen and oxygen atoms in total. The Hall–Kier alpha value is -4.01. The molecule has 0 fully saturated rings. The number of hydrogen-bond acceptors (Lipinski definition) is 5. The normalized spacial score (nSPS) is 9.81. The predicted molar refractivity (Wildman–Crippen MR) is 120 cm³/mol. The summed E-state index contributed by atoms with van der Waals surface area (Å²) in [6.45, 7) is 1.28. The van der Waals surface area contributed by atoms with Crippen molar-refractivity contribution in [2.75, 3.05) is 13.2 Å². The summed E-state index contributed by atoms with van der Waals surface area (Å²) in [5.74, 6) is 17.6. The molecule has 2 aromatic rings. The van der Waals surface area contributed by atoms with Crippen molar-refractivity contribution in [2.45, 2.75) is 38.3 Å². The fraction of sp³-hybridized carbons (Fsp3) is 0.320. The Kier molecular flexibility index (Phi) is 9.58. The lowest BCUT2D eigenvalue weighted by Gasteiger charge is -2.30. The average molecular weight is 428 g/mol. The molecule has 0 aliphatic carbocycles. The first kappa shape index (κ1) is 24.3. The molecule has 1 aromatic carbocycles. The highest BCUT2D eigenvalue weighted by Crippen LogP contribution is 2.13. The van der Waals surface area contributed by atoms with Gasteiger partial charge in [-0.15, -0.1) is 11.5 Å². The van der Waals surface area contributed by atoms with Gasteiger partial charge in [-0.2, -0.15) is 0 Å². The topological polar surface area (TPSA) is 100 Å². The minimum absolute atomic E-state index is 0.309. The SMILES string of the molecule is C#CC#CC#CC#Cc1ccc(CCn2cc(CCC(CO)(CO)NC(C)=O)nn2)cc1. The van der Waals surface area contributed by atoms with Crippen LogP contribution in [-0.2, 0) is 24.2 Å². The molecule has 0 radical (unpaired) electrons. The van der Waals surface area contributed by atoms with Gasteiger partial charge in [-0.05, 0) is 72.5 Å². The Morgan fingerprint density at radius 1 is 1.09 bits per heavy atom. The van der Waals surface area contributed by atoms with Gasteiger partial charge < -0.3 is 15.5 Å². The van der Waals surface area contributed by atoms with Crippen LogP contribution in [0.3, 0.4) is 0 Å². The molecule has 0 bridgehead atoms. The van der Waals surface area contributed by atoms with Gasteiger partial charge in [-0.3, -0.25) is 9.48 Å². The number of benzene rings is 1. The summed E-state index contributed by atoms with van der Waals surface area (Å²) in [5, 5.41) is 30.1. The molecule has 1 heterocycles. The quantitative estimate of drug-likeness (QED) is 0.499. The third kappa shape index (κ3) is 8.02. The van der Waals surface area contributed by atoms with E-state index in [1.807, 2.05) is 30.5 Å². The Balaban J connectivity index is 1.88. The van der Waals surface area contributed by atoms with Crippen LogP contribution in [0.4, 0.5) is 0 Å². The summed E-state index contributed by atoms with van der Waals surface area (Å²) < 4.78 is 1.74. The second-order valence-electron chi connectivity index (χ2n) is 7.09. The smallest absolute Gasteiger partial charge is 0.217 e. The van der Waals surface area contributed by atoms with Gasteiger partial charge in [0.05, 0.1) is 24.4 Å². The number of rotatable bonds is 9. The molecular formula is C25H24N4O3. The van der Waals surface area contributed by atoms with Crippen molar-refractivity contribution in [3.05, 3.63) is 47.3 Å². The van der Waals surface area contributed by atoms with E-state index in [0.717, 1.165) is 23.2 Å². The average Bonchev–Trinajstić information content (AvgIpc) is 3.26. The molecule has 0 saturated heterocycles. The van der Waals surface area contributed by atoms with E-state index in [1.165, 1.54) is 6.92 Å². The fourth-order valence-electron chi connectivity index (χ4n) is 2.88. The highest BCUT2D eigenvalue weighted by Gasteiger charge is 2.29. The third-order valence-electron chi connectivity index (χ3n) is 4.60. The number of aromatic nitrogens is 3. The van der Waals surface area contributed by atoms with E-state index in [4.69, 9.17) is 6.42 Å². The van der Waals surface area contributed by atoms with Crippen LogP contribution in [0.2, 0.25) is 0 Å². The number of carbonyl (C=O) groups excluding carboxylic acids is 1. The van der Waals surface area contributed by atoms with Gasteiger partial charge in [0.2, 0.25) is 5.91 Å². The van der Waals surface area contributed by atoms with E-state index in [9.17, 15) is 15.0 Å². The first-order chi connectivity index (χ1) is 15.5. The second kappa shape index (κ2) is 12.6. The molecule has 1 amide bonds. The van der Waals surface area contributed by atoms with Crippen LogP contribution < -0.4 is 5.32 Å².